The first-order chi connectivity index (χ1) is 20.4. The van der Waals surface area contributed by atoms with E-state index in [-0.39, 0.29) is 5.41 Å². The highest BCUT2D eigenvalue weighted by molar-refractivity contribution is 7.13. The summed E-state index contributed by atoms with van der Waals surface area (Å²) in [6.07, 6.45) is 5.14. The van der Waals surface area contributed by atoms with Crippen LogP contribution in [0.5, 0.6) is 5.75 Å². The molecule has 43 heavy (non-hydrogen) atoms. The van der Waals surface area contributed by atoms with E-state index in [1.165, 1.54) is 13.2 Å². The summed E-state index contributed by atoms with van der Waals surface area (Å²) in [5.74, 6) is 0.372. The Morgan fingerprint density at radius 1 is 1.07 bits per heavy atom. The van der Waals surface area contributed by atoms with Gasteiger partial charge in [0.25, 0.3) is 0 Å². The number of carbonyl (C=O) groups excluding carboxylic acids is 2. The van der Waals surface area contributed by atoms with E-state index in [1.54, 1.807) is 38.2 Å². The Kier molecular flexibility index (Phi) is 8.21. The van der Waals surface area contributed by atoms with Crippen LogP contribution in [0.1, 0.15) is 58.4 Å². The maximum absolute atomic E-state index is 12.2. The molecule has 0 spiro atoms. The monoisotopic (exact) mass is 600 g/mol. The van der Waals surface area contributed by atoms with Gasteiger partial charge >= 0.3 is 11.9 Å². The number of benzene rings is 2. The molecule has 0 aliphatic carbocycles. The van der Waals surface area contributed by atoms with Crippen molar-refractivity contribution in [3.8, 4) is 16.5 Å². The van der Waals surface area contributed by atoms with Crippen molar-refractivity contribution in [3.63, 3.8) is 0 Å². The molecule has 0 atom stereocenters. The predicted molar refractivity (Wildman–Crippen MR) is 169 cm³/mol. The molecule has 0 bridgehead atoms. The van der Waals surface area contributed by atoms with Gasteiger partial charge in [0.15, 0.2) is 16.4 Å². The fraction of sp³-hybridized carbons (Fsp3) is 0.324. The first-order valence-electron chi connectivity index (χ1n) is 14.1. The Hall–Kier alpha value is -4.37. The summed E-state index contributed by atoms with van der Waals surface area (Å²) in [7, 11) is 1.33. The van der Waals surface area contributed by atoms with Gasteiger partial charge in [0.1, 0.15) is 11.3 Å². The third-order valence-electron chi connectivity index (χ3n) is 7.04. The molecule has 5 rings (SSSR count). The summed E-state index contributed by atoms with van der Waals surface area (Å²) >= 11 is 1.59. The van der Waals surface area contributed by atoms with Crippen LogP contribution in [0.15, 0.2) is 64.5 Å². The van der Waals surface area contributed by atoms with E-state index in [1.807, 2.05) is 42.6 Å². The fourth-order valence-electron chi connectivity index (χ4n) is 4.79. The normalized spacial score (nSPS) is 12.3. The van der Waals surface area contributed by atoms with Crippen LogP contribution in [0.2, 0.25) is 0 Å². The van der Waals surface area contributed by atoms with Crippen LogP contribution in [-0.4, -0.2) is 40.8 Å². The Bertz CT molecular complexity index is 1830. The molecule has 2 aromatic carbocycles. The molecule has 0 unspecified atom stereocenters. The minimum atomic E-state index is -1.17. The third kappa shape index (κ3) is 6.51. The molecular formula is C34H36N2O6S. The zero-order valence-electron chi connectivity index (χ0n) is 25.5. The number of aromatic nitrogens is 2. The second kappa shape index (κ2) is 11.7. The molecule has 0 fully saturated rings. The van der Waals surface area contributed by atoms with E-state index in [0.29, 0.717) is 18.9 Å². The van der Waals surface area contributed by atoms with Gasteiger partial charge in [0.2, 0.25) is 0 Å². The lowest BCUT2D eigenvalue weighted by Gasteiger charge is -2.23. The van der Waals surface area contributed by atoms with Gasteiger partial charge in [0, 0.05) is 51.5 Å². The molecule has 5 aromatic rings. The van der Waals surface area contributed by atoms with Gasteiger partial charge in [-0.1, -0.05) is 26.8 Å². The standard InChI is InChI=1S/C34H36N2O6S/c1-8-40-30(37)14-10-22-19-36(26-12-11-24(17-25(22)26)42-34(5,6)32(38)39-7)18-21-9-13-27-23(15-21)16-28(41-27)31-35-29(20-43-31)33(2,3)4/h9-17,19-20H,8,18H2,1-7H3. The minimum absolute atomic E-state index is 0.0255. The van der Waals surface area contributed by atoms with E-state index in [0.717, 1.165) is 49.5 Å². The summed E-state index contributed by atoms with van der Waals surface area (Å²) in [4.78, 5) is 29.1. The average Bonchev–Trinajstić information content (AvgIpc) is 3.68. The van der Waals surface area contributed by atoms with E-state index >= 15 is 0 Å². The van der Waals surface area contributed by atoms with Gasteiger partial charge in [-0.15, -0.1) is 11.3 Å². The Labute approximate surface area is 254 Å². The van der Waals surface area contributed by atoms with Crippen molar-refractivity contribution in [2.45, 2.75) is 59.1 Å². The smallest absolute Gasteiger partial charge is 0.349 e. The Morgan fingerprint density at radius 3 is 2.56 bits per heavy atom. The van der Waals surface area contributed by atoms with Crippen molar-refractivity contribution in [2.24, 2.45) is 0 Å². The van der Waals surface area contributed by atoms with Crippen molar-refractivity contribution in [2.75, 3.05) is 13.7 Å². The number of thiazole rings is 1. The maximum atomic E-state index is 12.2. The zero-order chi connectivity index (χ0) is 30.9. The highest BCUT2D eigenvalue weighted by Crippen LogP contribution is 2.34. The van der Waals surface area contributed by atoms with Crippen molar-refractivity contribution in [1.82, 2.24) is 9.55 Å². The number of hydrogen-bond acceptors (Lipinski definition) is 8. The second-order valence-electron chi connectivity index (χ2n) is 11.9. The third-order valence-corrected chi connectivity index (χ3v) is 7.89. The molecule has 0 aliphatic heterocycles. The molecule has 8 nitrogen and oxygen atoms in total. The van der Waals surface area contributed by atoms with Gasteiger partial charge in [0.05, 0.1) is 19.4 Å². The lowest BCUT2D eigenvalue weighted by Crippen LogP contribution is -2.39. The molecule has 3 aromatic heterocycles. The number of hydrogen-bond donors (Lipinski definition) is 0. The molecule has 0 radical (unpaired) electrons. The first-order valence-corrected chi connectivity index (χ1v) is 15.0. The van der Waals surface area contributed by atoms with Crippen LogP contribution in [0, 0.1) is 0 Å². The van der Waals surface area contributed by atoms with E-state index in [9.17, 15) is 9.59 Å². The van der Waals surface area contributed by atoms with Crippen LogP contribution in [0.3, 0.4) is 0 Å². The molecule has 9 heteroatoms. The summed E-state index contributed by atoms with van der Waals surface area (Å²) in [5, 5.41) is 4.82. The number of carbonyl (C=O) groups is 2. The summed E-state index contributed by atoms with van der Waals surface area (Å²) in [6.45, 7) is 12.4. The van der Waals surface area contributed by atoms with Crippen molar-refractivity contribution >= 4 is 51.2 Å². The van der Waals surface area contributed by atoms with Crippen LogP contribution >= 0.6 is 11.3 Å². The Morgan fingerprint density at radius 2 is 1.86 bits per heavy atom. The lowest BCUT2D eigenvalue weighted by atomic mass is 9.93. The van der Waals surface area contributed by atoms with Gasteiger partial charge in [-0.25, -0.2) is 14.6 Å². The van der Waals surface area contributed by atoms with E-state index < -0.39 is 17.5 Å². The number of fused-ring (bicyclic) bond motifs is 2. The molecule has 0 saturated heterocycles. The lowest BCUT2D eigenvalue weighted by molar-refractivity contribution is -0.156. The first kappa shape index (κ1) is 30.1. The highest BCUT2D eigenvalue weighted by atomic mass is 32.1. The SMILES string of the molecule is CCOC(=O)C=Cc1cn(Cc2ccc3oc(-c4nc(C(C)(C)C)cs4)cc3c2)c2ccc(OC(C)(C)C(=O)OC)cc12. The number of esters is 2. The number of methoxy groups -OCH3 is 1. The number of furan rings is 1. The molecule has 224 valence electrons. The van der Waals surface area contributed by atoms with E-state index in [4.69, 9.17) is 23.6 Å². The minimum Gasteiger partial charge on any atom is -0.476 e. The number of ether oxygens (including phenoxy) is 3. The van der Waals surface area contributed by atoms with Gasteiger partial charge in [-0.2, -0.15) is 0 Å². The maximum Gasteiger partial charge on any atom is 0.349 e. The largest absolute Gasteiger partial charge is 0.476 e. The molecule has 0 N–H and O–H groups in total. The van der Waals surface area contributed by atoms with Crippen LogP contribution in [0.25, 0.3) is 38.7 Å². The molecule has 0 saturated carbocycles. The topological polar surface area (TPSA) is 92.8 Å². The highest BCUT2D eigenvalue weighted by Gasteiger charge is 2.31. The molecule has 0 amide bonds. The quantitative estimate of drug-likeness (QED) is 0.126. The van der Waals surface area contributed by atoms with Crippen LogP contribution in [0.4, 0.5) is 0 Å². The van der Waals surface area contributed by atoms with Crippen molar-refractivity contribution in [3.05, 3.63) is 76.9 Å². The summed E-state index contributed by atoms with van der Waals surface area (Å²) in [5.41, 5.74) is 3.49. The van der Waals surface area contributed by atoms with Gasteiger partial charge in [-0.05, 0) is 68.8 Å². The van der Waals surface area contributed by atoms with Crippen LogP contribution < -0.4 is 4.74 Å². The molecule has 0 aliphatic rings. The average molecular weight is 601 g/mol. The van der Waals surface area contributed by atoms with Crippen LogP contribution in [-0.2, 0) is 31.0 Å². The molecule has 3 heterocycles. The number of rotatable bonds is 9. The van der Waals surface area contributed by atoms with E-state index in [2.05, 4.69) is 36.8 Å². The van der Waals surface area contributed by atoms with Crippen molar-refractivity contribution in [1.29, 1.82) is 0 Å². The second-order valence-corrected chi connectivity index (χ2v) is 12.7. The number of nitrogens with zero attached hydrogens (tertiary/aromatic N) is 2. The predicted octanol–water partition coefficient (Wildman–Crippen LogP) is 7.76. The Balaban J connectivity index is 1.48. The summed E-state index contributed by atoms with van der Waals surface area (Å²) in [6, 6.07) is 13.8. The molecular weight excluding hydrogens is 564 g/mol. The fourth-order valence-corrected chi connectivity index (χ4v) is 5.78. The zero-order valence-corrected chi connectivity index (χ0v) is 26.3. The van der Waals surface area contributed by atoms with Gasteiger partial charge < -0.3 is 23.2 Å². The van der Waals surface area contributed by atoms with Crippen molar-refractivity contribution < 1.29 is 28.2 Å². The van der Waals surface area contributed by atoms with Gasteiger partial charge in [-0.3, -0.25) is 0 Å². The summed E-state index contributed by atoms with van der Waals surface area (Å²) < 4.78 is 24.2.